The molecule has 3 heterocycles. The molecule has 0 saturated carbocycles. The van der Waals surface area contributed by atoms with Gasteiger partial charge in [0.05, 0.1) is 40.0 Å². The zero-order valence-electron chi connectivity index (χ0n) is 29.3. The largest absolute Gasteiger partial charge is 0.504 e. The van der Waals surface area contributed by atoms with Crippen LogP contribution in [0.5, 0.6) is 11.5 Å². The zero-order chi connectivity index (χ0) is 36.5. The number of halogens is 1. The summed E-state index contributed by atoms with van der Waals surface area (Å²) >= 11 is 2.09. The lowest BCUT2D eigenvalue weighted by Crippen LogP contribution is -2.46. The van der Waals surface area contributed by atoms with Crippen LogP contribution < -0.4 is 15.0 Å². The van der Waals surface area contributed by atoms with Crippen molar-refractivity contribution in [2.24, 2.45) is 23.7 Å². The summed E-state index contributed by atoms with van der Waals surface area (Å²) in [6.07, 6.45) is 5.17. The number of allylic oxidation sites excluding steroid dienone is 2. The van der Waals surface area contributed by atoms with Gasteiger partial charge in [-0.2, -0.15) is 0 Å². The highest BCUT2D eigenvalue weighted by molar-refractivity contribution is 14.1. The van der Waals surface area contributed by atoms with E-state index in [4.69, 9.17) is 9.39 Å². The van der Waals surface area contributed by atoms with Gasteiger partial charge in [-0.15, -0.1) is 0 Å². The lowest BCUT2D eigenvalue weighted by Gasteiger charge is -2.44. The van der Waals surface area contributed by atoms with Crippen molar-refractivity contribution in [3.05, 3.63) is 117 Å². The van der Waals surface area contributed by atoms with E-state index in [0.717, 1.165) is 39.4 Å². The number of aromatic nitrogens is 1. The molecule has 9 nitrogen and oxygen atoms in total. The average molecular weight is 810 g/mol. The van der Waals surface area contributed by atoms with Crippen LogP contribution in [0.3, 0.4) is 0 Å². The first-order valence-electron chi connectivity index (χ1n) is 17.7. The molecule has 266 valence electrons. The van der Waals surface area contributed by atoms with E-state index in [1.165, 1.54) is 12.0 Å². The molecule has 3 aromatic carbocycles. The third-order valence-electron chi connectivity index (χ3n) is 10.4. The second-order valence-electron chi connectivity index (χ2n) is 13.9. The Labute approximate surface area is 318 Å². The van der Waals surface area contributed by atoms with Gasteiger partial charge in [-0.25, -0.2) is 0 Å². The number of aromatic hydroxyl groups is 1. The quantitative estimate of drug-likeness (QED) is 0.0636. The molecule has 4 atom stereocenters. The standard InChI is InChI=1S/C41H41BIN3O6/c1-24(2)30-22-31-38(41(49)46(40(31)48)29-15-13-28(14-16-29)45-27-9-5-4-6-10-27)32-23-42(50)52-35(37(30)32)17-12-26(34-11-7-8-18-44-34)19-25-20-33(43)39(47)36(21-25)51-3/h4-11,13-16,18-21,24,31-32,35,38,45,47,50H,12,17,22-23H2,1-3H3/b26-19-/t31-,32+,35-,38-/m1/s1. The fourth-order valence-corrected chi connectivity index (χ4v) is 8.66. The number of nitrogens with one attached hydrogen (secondary N) is 1. The number of para-hydroxylation sites is 1. The molecule has 0 bridgehead atoms. The number of carbonyl (C=O) groups excluding carboxylic acids is 2. The van der Waals surface area contributed by atoms with E-state index in [9.17, 15) is 19.7 Å². The first-order valence-corrected chi connectivity index (χ1v) is 18.8. The van der Waals surface area contributed by atoms with E-state index in [1.54, 1.807) is 12.3 Å². The topological polar surface area (TPSA) is 121 Å². The van der Waals surface area contributed by atoms with Crippen LogP contribution in [0.4, 0.5) is 17.1 Å². The SMILES string of the molecule is COc1cc(/C=C(/CC[C@H]2OB(O)C[C@H]3C2=C(C(C)C)C[C@H]2C(=O)N(c4ccc(Nc5ccccc5)cc4)C(=O)[C@H]23)c2ccccn2)cc(I)c1O. The summed E-state index contributed by atoms with van der Waals surface area (Å²) in [5.41, 5.74) is 7.13. The molecule has 3 N–H and O–H groups in total. The monoisotopic (exact) mass is 809 g/mol. The summed E-state index contributed by atoms with van der Waals surface area (Å²) in [5, 5.41) is 24.9. The molecule has 2 amide bonds. The highest BCUT2D eigenvalue weighted by atomic mass is 127. The third-order valence-corrected chi connectivity index (χ3v) is 11.2. The van der Waals surface area contributed by atoms with Crippen LogP contribution in [0.1, 0.15) is 44.4 Å². The van der Waals surface area contributed by atoms with Gasteiger partial charge in [-0.3, -0.25) is 19.5 Å². The molecular formula is C41H41BIN3O6. The van der Waals surface area contributed by atoms with E-state index >= 15 is 0 Å². The molecule has 2 aliphatic heterocycles. The Morgan fingerprint density at radius 1 is 1.04 bits per heavy atom. The Morgan fingerprint density at radius 2 is 1.77 bits per heavy atom. The number of pyridine rings is 1. The van der Waals surface area contributed by atoms with Crippen LogP contribution in [-0.2, 0) is 14.2 Å². The summed E-state index contributed by atoms with van der Waals surface area (Å²) in [6, 6.07) is 26.7. The van der Waals surface area contributed by atoms with E-state index in [-0.39, 0.29) is 35.7 Å². The minimum absolute atomic E-state index is 0.0922. The van der Waals surface area contributed by atoms with E-state index in [0.29, 0.717) is 34.3 Å². The van der Waals surface area contributed by atoms with Gasteiger partial charge in [0.25, 0.3) is 0 Å². The Hall–Kier alpha value is -4.46. The number of carbonyl (C=O) groups is 2. The fourth-order valence-electron chi connectivity index (χ4n) is 8.03. The second-order valence-corrected chi connectivity index (χ2v) is 15.1. The maximum atomic E-state index is 14.3. The number of benzene rings is 3. The summed E-state index contributed by atoms with van der Waals surface area (Å²) in [6.45, 7) is 4.25. The van der Waals surface area contributed by atoms with Crippen molar-refractivity contribution in [3.63, 3.8) is 0 Å². The Morgan fingerprint density at radius 3 is 2.46 bits per heavy atom. The number of fused-ring (bicyclic) bond motifs is 3. The number of rotatable bonds is 10. The number of phenolic OH excluding ortho intramolecular Hbond substituents is 1. The van der Waals surface area contributed by atoms with Crippen LogP contribution in [0.2, 0.25) is 6.32 Å². The maximum Gasteiger partial charge on any atom is 0.455 e. The molecule has 52 heavy (non-hydrogen) atoms. The van der Waals surface area contributed by atoms with Crippen LogP contribution in [0, 0.1) is 27.2 Å². The van der Waals surface area contributed by atoms with E-state index < -0.39 is 25.1 Å². The van der Waals surface area contributed by atoms with Crippen LogP contribution in [0.25, 0.3) is 11.6 Å². The molecule has 0 radical (unpaired) electrons. The third kappa shape index (κ3) is 7.13. The van der Waals surface area contributed by atoms with Gasteiger partial charge in [0.1, 0.15) is 0 Å². The summed E-state index contributed by atoms with van der Waals surface area (Å²) < 4.78 is 12.4. The smallest absolute Gasteiger partial charge is 0.455 e. The maximum absolute atomic E-state index is 14.3. The second kappa shape index (κ2) is 15.3. The summed E-state index contributed by atoms with van der Waals surface area (Å²) in [4.78, 5) is 34.4. The highest BCUT2D eigenvalue weighted by Crippen LogP contribution is 2.53. The molecule has 0 spiro atoms. The van der Waals surface area contributed by atoms with Crippen molar-refractivity contribution in [2.75, 3.05) is 17.3 Å². The number of hydrogen-bond acceptors (Lipinski definition) is 8. The van der Waals surface area contributed by atoms with Crippen LogP contribution in [-0.4, -0.2) is 47.3 Å². The lowest BCUT2D eigenvalue weighted by atomic mass is 9.57. The van der Waals surface area contributed by atoms with Gasteiger partial charge in [-0.1, -0.05) is 43.7 Å². The average Bonchev–Trinajstić information content (AvgIpc) is 3.40. The van der Waals surface area contributed by atoms with Gasteiger partial charge >= 0.3 is 7.12 Å². The molecule has 1 aliphatic carbocycles. The van der Waals surface area contributed by atoms with Crippen molar-refractivity contribution in [1.82, 2.24) is 4.98 Å². The Kier molecular flexibility index (Phi) is 10.5. The number of nitrogens with zero attached hydrogens (tertiary/aromatic N) is 2. The number of methoxy groups -OCH3 is 1. The predicted molar refractivity (Wildman–Crippen MR) is 212 cm³/mol. The van der Waals surface area contributed by atoms with Gasteiger partial charge in [-0.05, 0) is 143 Å². The fraction of sp³-hybridized carbons (Fsp3) is 0.293. The summed E-state index contributed by atoms with van der Waals surface area (Å²) in [7, 11) is 0.452. The predicted octanol–water partition coefficient (Wildman–Crippen LogP) is 8.12. The van der Waals surface area contributed by atoms with Crippen molar-refractivity contribution in [1.29, 1.82) is 0 Å². The van der Waals surface area contributed by atoms with Crippen LogP contribution in [0.15, 0.2) is 102 Å². The van der Waals surface area contributed by atoms with Crippen LogP contribution >= 0.6 is 22.6 Å². The molecule has 1 aromatic heterocycles. The molecule has 2 fully saturated rings. The number of anilines is 3. The van der Waals surface area contributed by atoms with Crippen molar-refractivity contribution >= 4 is 70.2 Å². The highest BCUT2D eigenvalue weighted by Gasteiger charge is 2.57. The van der Waals surface area contributed by atoms with Gasteiger partial charge < -0.3 is 24.8 Å². The number of phenols is 1. The first-order chi connectivity index (χ1) is 25.1. The normalized spacial score (nSPS) is 21.8. The number of amides is 2. The minimum Gasteiger partial charge on any atom is -0.504 e. The van der Waals surface area contributed by atoms with Crippen molar-refractivity contribution < 1.29 is 29.1 Å². The minimum atomic E-state index is -1.07. The molecule has 11 heteroatoms. The molecule has 7 rings (SSSR count). The number of hydrogen-bond donors (Lipinski definition) is 3. The molecule has 2 saturated heterocycles. The first kappa shape index (κ1) is 35.9. The molecule has 0 unspecified atom stereocenters. The van der Waals surface area contributed by atoms with Crippen molar-refractivity contribution in [3.8, 4) is 11.5 Å². The zero-order valence-corrected chi connectivity index (χ0v) is 31.5. The lowest BCUT2D eigenvalue weighted by molar-refractivity contribution is -0.122. The van der Waals surface area contributed by atoms with E-state index in [1.807, 2.05) is 84.9 Å². The Balaban J connectivity index is 1.17. The number of ether oxygens (including phenoxy) is 1. The van der Waals surface area contributed by atoms with Gasteiger partial charge in [0.2, 0.25) is 11.8 Å². The van der Waals surface area contributed by atoms with Crippen molar-refractivity contribution in [2.45, 2.75) is 45.5 Å². The van der Waals surface area contributed by atoms with E-state index in [2.05, 4.69) is 46.7 Å². The number of imide groups is 1. The molecular weight excluding hydrogens is 768 g/mol. The molecule has 3 aliphatic rings. The summed E-state index contributed by atoms with van der Waals surface area (Å²) in [5.74, 6) is -1.21. The van der Waals surface area contributed by atoms with Gasteiger partial charge in [0, 0.05) is 17.6 Å². The molecule has 4 aromatic rings. The van der Waals surface area contributed by atoms with Gasteiger partial charge in [0.15, 0.2) is 11.5 Å². The Bertz CT molecular complexity index is 2020.